The molecule has 1 saturated carbocycles. The van der Waals surface area contributed by atoms with Crippen LogP contribution < -0.4 is 5.32 Å². The SMILES string of the molecule is CNC(c1ccnn1C)C1CCC(C)C1. The van der Waals surface area contributed by atoms with Crippen LogP contribution in [0.2, 0.25) is 0 Å². The van der Waals surface area contributed by atoms with E-state index < -0.39 is 0 Å². The van der Waals surface area contributed by atoms with Crippen molar-refractivity contribution < 1.29 is 0 Å². The van der Waals surface area contributed by atoms with Crippen LogP contribution in [-0.2, 0) is 7.05 Å². The van der Waals surface area contributed by atoms with Crippen LogP contribution in [-0.4, -0.2) is 16.8 Å². The number of hydrogen-bond donors (Lipinski definition) is 1. The Morgan fingerprint density at radius 1 is 1.53 bits per heavy atom. The molecule has 0 spiro atoms. The molecule has 1 heterocycles. The van der Waals surface area contributed by atoms with Crippen LogP contribution in [0, 0.1) is 11.8 Å². The Hall–Kier alpha value is -0.830. The van der Waals surface area contributed by atoms with Crippen LogP contribution in [0.3, 0.4) is 0 Å². The van der Waals surface area contributed by atoms with E-state index in [-0.39, 0.29) is 0 Å². The zero-order valence-electron chi connectivity index (χ0n) is 9.90. The lowest BCUT2D eigenvalue weighted by atomic mass is 9.94. The lowest BCUT2D eigenvalue weighted by Gasteiger charge is -2.23. The molecule has 3 unspecified atom stereocenters. The first kappa shape index (κ1) is 10.7. The van der Waals surface area contributed by atoms with E-state index in [4.69, 9.17) is 0 Å². The molecule has 0 aromatic carbocycles. The van der Waals surface area contributed by atoms with Crippen molar-refractivity contribution in [3.8, 4) is 0 Å². The summed E-state index contributed by atoms with van der Waals surface area (Å²) < 4.78 is 1.99. The molecule has 1 aromatic rings. The maximum Gasteiger partial charge on any atom is 0.0553 e. The van der Waals surface area contributed by atoms with E-state index in [1.165, 1.54) is 25.0 Å². The van der Waals surface area contributed by atoms with Gasteiger partial charge in [-0.25, -0.2) is 0 Å². The highest BCUT2D eigenvalue weighted by atomic mass is 15.3. The summed E-state index contributed by atoms with van der Waals surface area (Å²) >= 11 is 0. The minimum absolute atomic E-state index is 0.474. The lowest BCUT2D eigenvalue weighted by Crippen LogP contribution is -2.26. The fraction of sp³-hybridized carbons (Fsp3) is 0.750. The highest BCUT2D eigenvalue weighted by molar-refractivity contribution is 5.08. The molecule has 0 bridgehead atoms. The fourth-order valence-electron chi connectivity index (χ4n) is 2.87. The minimum Gasteiger partial charge on any atom is -0.311 e. The quantitative estimate of drug-likeness (QED) is 0.822. The zero-order valence-corrected chi connectivity index (χ0v) is 9.90. The molecule has 1 aliphatic rings. The molecule has 3 heteroatoms. The van der Waals surface area contributed by atoms with E-state index >= 15 is 0 Å². The number of nitrogens with zero attached hydrogens (tertiary/aromatic N) is 2. The number of aromatic nitrogens is 2. The smallest absolute Gasteiger partial charge is 0.0553 e. The van der Waals surface area contributed by atoms with Crippen molar-refractivity contribution in [2.24, 2.45) is 18.9 Å². The Morgan fingerprint density at radius 3 is 2.80 bits per heavy atom. The van der Waals surface area contributed by atoms with Crippen molar-refractivity contribution in [1.29, 1.82) is 0 Å². The third-order valence-corrected chi connectivity index (χ3v) is 3.70. The third kappa shape index (κ3) is 2.07. The maximum absolute atomic E-state index is 4.25. The van der Waals surface area contributed by atoms with Gasteiger partial charge in [0.25, 0.3) is 0 Å². The first-order chi connectivity index (χ1) is 7.22. The first-order valence-electron chi connectivity index (χ1n) is 5.87. The van der Waals surface area contributed by atoms with Gasteiger partial charge >= 0.3 is 0 Å². The topological polar surface area (TPSA) is 29.9 Å². The monoisotopic (exact) mass is 207 g/mol. The molecule has 0 amide bonds. The summed E-state index contributed by atoms with van der Waals surface area (Å²) in [5.74, 6) is 1.67. The fourth-order valence-corrected chi connectivity index (χ4v) is 2.87. The van der Waals surface area contributed by atoms with Gasteiger partial charge in [-0.05, 0) is 37.8 Å². The molecule has 0 aliphatic heterocycles. The second kappa shape index (κ2) is 4.35. The van der Waals surface area contributed by atoms with Gasteiger partial charge in [0.2, 0.25) is 0 Å². The number of hydrogen-bond acceptors (Lipinski definition) is 2. The highest BCUT2D eigenvalue weighted by Crippen LogP contribution is 2.38. The van der Waals surface area contributed by atoms with Crippen molar-refractivity contribution in [3.05, 3.63) is 18.0 Å². The van der Waals surface area contributed by atoms with Gasteiger partial charge < -0.3 is 5.32 Å². The second-order valence-electron chi connectivity index (χ2n) is 4.82. The van der Waals surface area contributed by atoms with Crippen LogP contribution in [0.5, 0.6) is 0 Å². The number of rotatable bonds is 3. The predicted molar refractivity (Wildman–Crippen MR) is 61.5 cm³/mol. The summed E-state index contributed by atoms with van der Waals surface area (Å²) in [4.78, 5) is 0. The number of nitrogens with one attached hydrogen (secondary N) is 1. The van der Waals surface area contributed by atoms with Gasteiger partial charge in [0, 0.05) is 13.2 Å². The Balaban J connectivity index is 2.14. The lowest BCUT2D eigenvalue weighted by molar-refractivity contribution is 0.362. The average Bonchev–Trinajstić information content (AvgIpc) is 2.79. The summed E-state index contributed by atoms with van der Waals surface area (Å²) in [6.07, 6.45) is 5.95. The summed E-state index contributed by atoms with van der Waals surface area (Å²) in [5.41, 5.74) is 1.32. The van der Waals surface area contributed by atoms with Gasteiger partial charge in [-0.3, -0.25) is 4.68 Å². The Labute approximate surface area is 91.9 Å². The van der Waals surface area contributed by atoms with Gasteiger partial charge in [0.1, 0.15) is 0 Å². The Kier molecular flexibility index (Phi) is 3.10. The van der Waals surface area contributed by atoms with Gasteiger partial charge in [0.15, 0.2) is 0 Å². The van der Waals surface area contributed by atoms with Gasteiger partial charge in [-0.1, -0.05) is 13.3 Å². The number of aryl methyl sites for hydroxylation is 1. The van der Waals surface area contributed by atoms with Crippen LogP contribution >= 0.6 is 0 Å². The molecule has 1 aliphatic carbocycles. The molecular formula is C12H21N3. The molecule has 1 fully saturated rings. The van der Waals surface area contributed by atoms with Crippen molar-refractivity contribution in [2.45, 2.75) is 32.2 Å². The minimum atomic E-state index is 0.474. The van der Waals surface area contributed by atoms with E-state index in [1.54, 1.807) is 0 Å². The van der Waals surface area contributed by atoms with Gasteiger partial charge in [-0.2, -0.15) is 5.10 Å². The predicted octanol–water partition coefficient (Wildman–Crippen LogP) is 2.12. The molecular weight excluding hydrogens is 186 g/mol. The maximum atomic E-state index is 4.25. The summed E-state index contributed by atoms with van der Waals surface area (Å²) in [6, 6.07) is 2.60. The van der Waals surface area contributed by atoms with Crippen molar-refractivity contribution in [1.82, 2.24) is 15.1 Å². The van der Waals surface area contributed by atoms with E-state index in [1.807, 2.05) is 17.9 Å². The Bertz CT molecular complexity index is 318. The van der Waals surface area contributed by atoms with E-state index in [0.29, 0.717) is 6.04 Å². The molecule has 0 radical (unpaired) electrons. The molecule has 1 aromatic heterocycles. The van der Waals surface area contributed by atoms with Crippen LogP contribution in [0.25, 0.3) is 0 Å². The van der Waals surface area contributed by atoms with E-state index in [9.17, 15) is 0 Å². The molecule has 1 N–H and O–H groups in total. The van der Waals surface area contributed by atoms with Gasteiger partial charge in [-0.15, -0.1) is 0 Å². The van der Waals surface area contributed by atoms with Gasteiger partial charge in [0.05, 0.1) is 11.7 Å². The summed E-state index contributed by atoms with van der Waals surface area (Å²) in [6.45, 7) is 2.36. The molecule has 15 heavy (non-hydrogen) atoms. The third-order valence-electron chi connectivity index (χ3n) is 3.70. The molecule has 3 atom stereocenters. The molecule has 3 nitrogen and oxygen atoms in total. The van der Waals surface area contributed by atoms with Crippen molar-refractivity contribution in [3.63, 3.8) is 0 Å². The molecule has 2 rings (SSSR count). The standard InChI is InChI=1S/C12H21N3/c1-9-4-5-10(8-9)12(13-2)11-6-7-14-15(11)3/h6-7,9-10,12-13H,4-5,8H2,1-3H3. The van der Waals surface area contributed by atoms with Crippen LogP contribution in [0.4, 0.5) is 0 Å². The van der Waals surface area contributed by atoms with Crippen molar-refractivity contribution in [2.75, 3.05) is 7.05 Å². The van der Waals surface area contributed by atoms with Crippen molar-refractivity contribution >= 4 is 0 Å². The largest absolute Gasteiger partial charge is 0.311 e. The highest BCUT2D eigenvalue weighted by Gasteiger charge is 2.30. The summed E-state index contributed by atoms with van der Waals surface area (Å²) in [5, 5.41) is 7.70. The van der Waals surface area contributed by atoms with Crippen LogP contribution in [0.15, 0.2) is 12.3 Å². The first-order valence-corrected chi connectivity index (χ1v) is 5.87. The van der Waals surface area contributed by atoms with Crippen LogP contribution in [0.1, 0.15) is 37.9 Å². The average molecular weight is 207 g/mol. The summed E-state index contributed by atoms with van der Waals surface area (Å²) in [7, 11) is 4.08. The van der Waals surface area contributed by atoms with E-state index in [2.05, 4.69) is 30.5 Å². The molecule has 84 valence electrons. The second-order valence-corrected chi connectivity index (χ2v) is 4.82. The Morgan fingerprint density at radius 2 is 2.33 bits per heavy atom. The normalized spacial score (nSPS) is 28.2. The molecule has 0 saturated heterocycles. The van der Waals surface area contributed by atoms with E-state index in [0.717, 1.165) is 11.8 Å². The zero-order chi connectivity index (χ0) is 10.8.